The Hall–Kier alpha value is -1.16. The summed E-state index contributed by atoms with van der Waals surface area (Å²) in [4.78, 5) is 0. The standard InChI is InChI=1S/C14H18F2O2/c1-13(2)6-5-10-9-11(3-4-12(10)18-13)14(15,16)7-8-17/h3-4,9,17H,5-8H2,1-2H3. The van der Waals surface area contributed by atoms with Gasteiger partial charge in [0.2, 0.25) is 0 Å². The van der Waals surface area contributed by atoms with Gasteiger partial charge in [-0.25, -0.2) is 8.78 Å². The van der Waals surface area contributed by atoms with Crippen LogP contribution in [0.2, 0.25) is 0 Å². The van der Waals surface area contributed by atoms with Gasteiger partial charge in [-0.15, -0.1) is 0 Å². The minimum atomic E-state index is -2.98. The van der Waals surface area contributed by atoms with Crippen LogP contribution in [0.15, 0.2) is 18.2 Å². The van der Waals surface area contributed by atoms with E-state index in [1.165, 1.54) is 12.1 Å². The van der Waals surface area contributed by atoms with Crippen molar-refractivity contribution in [2.24, 2.45) is 0 Å². The zero-order valence-corrected chi connectivity index (χ0v) is 10.7. The first-order valence-electron chi connectivity index (χ1n) is 6.15. The van der Waals surface area contributed by atoms with Crippen LogP contribution < -0.4 is 4.74 Å². The number of aryl methyl sites for hydroxylation is 1. The fraction of sp³-hybridized carbons (Fsp3) is 0.571. The highest BCUT2D eigenvalue weighted by molar-refractivity contribution is 5.40. The van der Waals surface area contributed by atoms with E-state index in [4.69, 9.17) is 9.84 Å². The molecular weight excluding hydrogens is 238 g/mol. The topological polar surface area (TPSA) is 29.5 Å². The van der Waals surface area contributed by atoms with Gasteiger partial charge < -0.3 is 9.84 Å². The maximum Gasteiger partial charge on any atom is 0.275 e. The van der Waals surface area contributed by atoms with Crippen molar-refractivity contribution < 1.29 is 18.6 Å². The minimum absolute atomic E-state index is 0.0430. The Morgan fingerprint density at radius 3 is 2.78 bits per heavy atom. The van der Waals surface area contributed by atoms with Gasteiger partial charge in [0.1, 0.15) is 11.4 Å². The highest BCUT2D eigenvalue weighted by Crippen LogP contribution is 2.38. The summed E-state index contributed by atoms with van der Waals surface area (Å²) >= 11 is 0. The number of aliphatic hydroxyl groups excluding tert-OH is 1. The predicted octanol–water partition coefficient (Wildman–Crippen LogP) is 3.26. The molecule has 1 aliphatic rings. The third kappa shape index (κ3) is 2.64. The number of aliphatic hydroxyl groups is 1. The lowest BCUT2D eigenvalue weighted by Gasteiger charge is -2.33. The minimum Gasteiger partial charge on any atom is -0.488 e. The molecule has 1 aromatic carbocycles. The second kappa shape index (κ2) is 4.50. The van der Waals surface area contributed by atoms with Gasteiger partial charge in [-0.3, -0.25) is 0 Å². The fourth-order valence-electron chi connectivity index (χ4n) is 2.17. The molecule has 2 rings (SSSR count). The molecule has 0 bridgehead atoms. The van der Waals surface area contributed by atoms with E-state index in [0.29, 0.717) is 5.75 Å². The van der Waals surface area contributed by atoms with Crippen LogP contribution in [0.1, 0.15) is 37.8 Å². The van der Waals surface area contributed by atoms with Crippen LogP contribution in [0.4, 0.5) is 8.78 Å². The van der Waals surface area contributed by atoms with Crippen molar-refractivity contribution in [3.63, 3.8) is 0 Å². The zero-order valence-electron chi connectivity index (χ0n) is 10.7. The quantitative estimate of drug-likeness (QED) is 0.899. The molecule has 4 heteroatoms. The lowest BCUT2D eigenvalue weighted by molar-refractivity contribution is -0.0271. The van der Waals surface area contributed by atoms with Crippen LogP contribution in [0.5, 0.6) is 5.75 Å². The summed E-state index contributed by atoms with van der Waals surface area (Å²) in [5, 5.41) is 8.67. The van der Waals surface area contributed by atoms with Crippen molar-refractivity contribution in [2.45, 2.75) is 44.6 Å². The van der Waals surface area contributed by atoms with Gasteiger partial charge in [0.15, 0.2) is 0 Å². The van der Waals surface area contributed by atoms with E-state index < -0.39 is 19.0 Å². The van der Waals surface area contributed by atoms with E-state index in [1.54, 1.807) is 6.07 Å². The monoisotopic (exact) mass is 256 g/mol. The van der Waals surface area contributed by atoms with Crippen LogP contribution in [-0.4, -0.2) is 17.3 Å². The lowest BCUT2D eigenvalue weighted by atomic mass is 9.92. The molecule has 0 radical (unpaired) electrons. The molecule has 0 atom stereocenters. The molecule has 1 N–H and O–H groups in total. The molecular formula is C14H18F2O2. The van der Waals surface area contributed by atoms with Gasteiger partial charge in [-0.2, -0.15) is 0 Å². The van der Waals surface area contributed by atoms with Crippen molar-refractivity contribution in [3.8, 4) is 5.75 Å². The number of hydrogen-bond donors (Lipinski definition) is 1. The van der Waals surface area contributed by atoms with E-state index in [-0.39, 0.29) is 11.2 Å². The summed E-state index contributed by atoms with van der Waals surface area (Å²) in [7, 11) is 0. The largest absolute Gasteiger partial charge is 0.488 e. The number of halogens is 2. The number of benzene rings is 1. The van der Waals surface area contributed by atoms with Crippen LogP contribution in [0.3, 0.4) is 0 Å². The molecule has 0 saturated heterocycles. The van der Waals surface area contributed by atoms with Crippen molar-refractivity contribution in [1.29, 1.82) is 0 Å². The van der Waals surface area contributed by atoms with Crippen LogP contribution in [0, 0.1) is 0 Å². The smallest absolute Gasteiger partial charge is 0.275 e. The first kappa shape index (κ1) is 13.3. The summed E-state index contributed by atoms with van der Waals surface area (Å²) in [6.07, 6.45) is 1.01. The molecule has 0 amide bonds. The van der Waals surface area contributed by atoms with E-state index in [2.05, 4.69) is 0 Å². The van der Waals surface area contributed by atoms with E-state index in [0.717, 1.165) is 18.4 Å². The third-order valence-corrected chi connectivity index (χ3v) is 3.29. The highest BCUT2D eigenvalue weighted by atomic mass is 19.3. The molecule has 0 aliphatic carbocycles. The van der Waals surface area contributed by atoms with Crippen LogP contribution in [0.25, 0.3) is 0 Å². The lowest BCUT2D eigenvalue weighted by Crippen LogP contribution is -2.32. The molecule has 0 aromatic heterocycles. The fourth-order valence-corrected chi connectivity index (χ4v) is 2.17. The summed E-state index contributed by atoms with van der Waals surface area (Å²) in [6.45, 7) is 3.46. The third-order valence-electron chi connectivity index (χ3n) is 3.29. The maximum atomic E-state index is 13.7. The van der Waals surface area contributed by atoms with Crippen molar-refractivity contribution >= 4 is 0 Å². The maximum absolute atomic E-state index is 13.7. The van der Waals surface area contributed by atoms with Gasteiger partial charge >= 0.3 is 0 Å². The number of rotatable bonds is 3. The molecule has 100 valence electrons. The molecule has 1 aliphatic heterocycles. The average molecular weight is 256 g/mol. The SMILES string of the molecule is CC1(C)CCc2cc(C(F)(F)CCO)ccc2O1. The summed E-state index contributed by atoms with van der Waals surface area (Å²) in [5.74, 6) is -2.29. The second-order valence-corrected chi connectivity index (χ2v) is 5.36. The number of alkyl halides is 2. The average Bonchev–Trinajstić information content (AvgIpc) is 2.27. The molecule has 0 saturated carbocycles. The first-order chi connectivity index (χ1) is 8.34. The highest BCUT2D eigenvalue weighted by Gasteiger charge is 2.33. The van der Waals surface area contributed by atoms with Gasteiger partial charge in [-0.05, 0) is 50.5 Å². The van der Waals surface area contributed by atoms with Crippen LogP contribution in [-0.2, 0) is 12.3 Å². The normalized spacial score (nSPS) is 18.1. The molecule has 1 heterocycles. The van der Waals surface area contributed by atoms with Crippen molar-refractivity contribution in [1.82, 2.24) is 0 Å². The summed E-state index contributed by atoms with van der Waals surface area (Å²) in [5.41, 5.74) is 0.547. The Kier molecular flexibility index (Phi) is 3.32. The van der Waals surface area contributed by atoms with Gasteiger partial charge in [0, 0.05) is 18.6 Å². The van der Waals surface area contributed by atoms with Gasteiger partial charge in [-0.1, -0.05) is 0 Å². The Morgan fingerprint density at radius 1 is 1.39 bits per heavy atom. The second-order valence-electron chi connectivity index (χ2n) is 5.36. The summed E-state index contributed by atoms with van der Waals surface area (Å²) < 4.78 is 33.1. The van der Waals surface area contributed by atoms with Crippen molar-refractivity contribution in [2.75, 3.05) is 6.61 Å². The molecule has 0 unspecified atom stereocenters. The number of hydrogen-bond acceptors (Lipinski definition) is 2. The molecule has 0 fully saturated rings. The number of fused-ring (bicyclic) bond motifs is 1. The van der Waals surface area contributed by atoms with Gasteiger partial charge in [0.05, 0.1) is 0 Å². The first-order valence-corrected chi connectivity index (χ1v) is 6.15. The van der Waals surface area contributed by atoms with E-state index in [1.807, 2.05) is 13.8 Å². The predicted molar refractivity (Wildman–Crippen MR) is 65.1 cm³/mol. The van der Waals surface area contributed by atoms with E-state index >= 15 is 0 Å². The van der Waals surface area contributed by atoms with Crippen molar-refractivity contribution in [3.05, 3.63) is 29.3 Å². The Bertz CT molecular complexity index is 441. The Labute approximate surface area is 106 Å². The number of ether oxygens (including phenoxy) is 1. The molecule has 1 aromatic rings. The Balaban J connectivity index is 2.29. The summed E-state index contributed by atoms with van der Waals surface area (Å²) in [6, 6.07) is 4.49. The van der Waals surface area contributed by atoms with Gasteiger partial charge in [0.25, 0.3) is 5.92 Å². The molecule has 0 spiro atoms. The van der Waals surface area contributed by atoms with Crippen LogP contribution >= 0.6 is 0 Å². The molecule has 18 heavy (non-hydrogen) atoms. The van der Waals surface area contributed by atoms with E-state index in [9.17, 15) is 8.78 Å². The Morgan fingerprint density at radius 2 is 2.11 bits per heavy atom. The molecule has 2 nitrogen and oxygen atoms in total. The zero-order chi connectivity index (χ0) is 13.4.